The van der Waals surface area contributed by atoms with Crippen molar-refractivity contribution in [2.75, 3.05) is 11.1 Å². The van der Waals surface area contributed by atoms with E-state index < -0.39 is 6.04 Å². The molecule has 0 radical (unpaired) electrons. The zero-order valence-corrected chi connectivity index (χ0v) is 18.3. The molecule has 4 heterocycles. The number of fused-ring (bicyclic) bond motifs is 2. The van der Waals surface area contributed by atoms with Crippen molar-refractivity contribution in [3.05, 3.63) is 29.6 Å². The summed E-state index contributed by atoms with van der Waals surface area (Å²) < 4.78 is 2.21. The number of aromatic nitrogens is 3. The highest BCUT2D eigenvalue weighted by atomic mass is 32.2. The molecule has 0 spiro atoms. The van der Waals surface area contributed by atoms with E-state index in [9.17, 15) is 9.59 Å². The van der Waals surface area contributed by atoms with E-state index in [1.807, 2.05) is 25.1 Å². The van der Waals surface area contributed by atoms with Crippen LogP contribution in [0.1, 0.15) is 50.4 Å². The van der Waals surface area contributed by atoms with Crippen molar-refractivity contribution in [1.29, 1.82) is 0 Å². The summed E-state index contributed by atoms with van der Waals surface area (Å²) in [5, 5.41) is 11.9. The van der Waals surface area contributed by atoms with Crippen LogP contribution in [0.25, 0.3) is 11.4 Å². The van der Waals surface area contributed by atoms with Crippen molar-refractivity contribution >= 4 is 29.3 Å². The predicted molar refractivity (Wildman–Crippen MR) is 117 cm³/mol. The monoisotopic (exact) mass is 425 g/mol. The van der Waals surface area contributed by atoms with Gasteiger partial charge < -0.3 is 14.8 Å². The Kier molecular flexibility index (Phi) is 4.84. The van der Waals surface area contributed by atoms with Gasteiger partial charge in [0.1, 0.15) is 11.9 Å². The second kappa shape index (κ2) is 7.41. The molecule has 1 aromatic heterocycles. The van der Waals surface area contributed by atoms with Crippen molar-refractivity contribution < 1.29 is 9.59 Å². The lowest BCUT2D eigenvalue weighted by Crippen LogP contribution is -2.48. The zero-order chi connectivity index (χ0) is 20.9. The van der Waals surface area contributed by atoms with E-state index in [-0.39, 0.29) is 16.7 Å². The maximum Gasteiger partial charge on any atom is 0.248 e. The molecule has 0 aliphatic carbocycles. The van der Waals surface area contributed by atoms with Gasteiger partial charge in [-0.2, -0.15) is 0 Å². The van der Waals surface area contributed by atoms with Crippen LogP contribution < -0.4 is 5.32 Å². The second-order valence-electron chi connectivity index (χ2n) is 8.69. The molecule has 5 rings (SSSR count). The standard InChI is InChI=1S/C22H27N5O2S/c1-14-7-8-15(20-25-24-18-6-4-3-5-11-26(18)20)12-16(14)23-21(29)17-13-30-22(2)10-9-19(28)27(17)22/h7-8,12,17H,3-6,9-11,13H2,1-2H3,(H,23,29). The molecule has 2 aromatic rings. The highest BCUT2D eigenvalue weighted by molar-refractivity contribution is 8.01. The summed E-state index contributed by atoms with van der Waals surface area (Å²) in [5.74, 6) is 2.52. The summed E-state index contributed by atoms with van der Waals surface area (Å²) in [6.07, 6.45) is 5.80. The molecule has 2 fully saturated rings. The van der Waals surface area contributed by atoms with Gasteiger partial charge in [0, 0.05) is 36.4 Å². The highest BCUT2D eigenvalue weighted by Gasteiger charge is 2.52. The van der Waals surface area contributed by atoms with Crippen molar-refractivity contribution in [3.8, 4) is 11.4 Å². The molecule has 0 saturated carbocycles. The number of hydrogen-bond donors (Lipinski definition) is 1. The normalized spacial score (nSPS) is 25.7. The van der Waals surface area contributed by atoms with Gasteiger partial charge in [-0.15, -0.1) is 22.0 Å². The van der Waals surface area contributed by atoms with E-state index in [0.29, 0.717) is 12.2 Å². The van der Waals surface area contributed by atoms with Gasteiger partial charge in [-0.3, -0.25) is 9.59 Å². The summed E-state index contributed by atoms with van der Waals surface area (Å²) in [6.45, 7) is 4.99. The molecule has 1 N–H and O–H groups in total. The Bertz CT molecular complexity index is 1020. The first kappa shape index (κ1) is 19.6. The highest BCUT2D eigenvalue weighted by Crippen LogP contribution is 2.47. The van der Waals surface area contributed by atoms with E-state index in [1.54, 1.807) is 16.7 Å². The molecular weight excluding hydrogens is 398 g/mol. The average Bonchev–Trinajstić information content (AvgIpc) is 3.31. The Morgan fingerprint density at radius 2 is 2.10 bits per heavy atom. The van der Waals surface area contributed by atoms with Gasteiger partial charge in [0.15, 0.2) is 5.82 Å². The first-order valence-electron chi connectivity index (χ1n) is 10.8. The van der Waals surface area contributed by atoms with Crippen LogP contribution in [-0.4, -0.2) is 48.1 Å². The third-order valence-electron chi connectivity index (χ3n) is 6.61. The van der Waals surface area contributed by atoms with Gasteiger partial charge in [-0.1, -0.05) is 18.6 Å². The number of rotatable bonds is 3. The minimum atomic E-state index is -0.414. The lowest BCUT2D eigenvalue weighted by molar-refractivity contribution is -0.135. The van der Waals surface area contributed by atoms with E-state index in [0.717, 1.165) is 60.7 Å². The smallest absolute Gasteiger partial charge is 0.248 e. The van der Waals surface area contributed by atoms with Crippen molar-refractivity contribution in [1.82, 2.24) is 19.7 Å². The van der Waals surface area contributed by atoms with Crippen molar-refractivity contribution in [3.63, 3.8) is 0 Å². The third-order valence-corrected chi connectivity index (χ3v) is 8.12. The van der Waals surface area contributed by atoms with Gasteiger partial charge in [-0.25, -0.2) is 0 Å². The Morgan fingerprint density at radius 1 is 1.23 bits per heavy atom. The number of nitrogens with one attached hydrogen (secondary N) is 1. The first-order chi connectivity index (χ1) is 14.5. The van der Waals surface area contributed by atoms with Gasteiger partial charge in [0.05, 0.1) is 4.87 Å². The number of benzene rings is 1. The van der Waals surface area contributed by atoms with Gasteiger partial charge in [0.25, 0.3) is 0 Å². The number of hydrogen-bond acceptors (Lipinski definition) is 5. The molecule has 2 unspecified atom stereocenters. The summed E-state index contributed by atoms with van der Waals surface area (Å²) in [7, 11) is 0. The van der Waals surface area contributed by atoms with Gasteiger partial charge >= 0.3 is 0 Å². The van der Waals surface area contributed by atoms with Crippen molar-refractivity contribution in [2.24, 2.45) is 0 Å². The van der Waals surface area contributed by atoms with Gasteiger partial charge in [0.2, 0.25) is 11.8 Å². The molecule has 1 aromatic carbocycles. The summed E-state index contributed by atoms with van der Waals surface area (Å²) in [5.41, 5.74) is 2.72. The Morgan fingerprint density at radius 3 is 2.97 bits per heavy atom. The van der Waals surface area contributed by atoms with E-state index >= 15 is 0 Å². The molecule has 30 heavy (non-hydrogen) atoms. The Balaban J connectivity index is 1.41. The molecule has 2 saturated heterocycles. The molecule has 0 bridgehead atoms. The number of thioether (sulfide) groups is 1. The lowest BCUT2D eigenvalue weighted by atomic mass is 10.1. The van der Waals surface area contributed by atoms with Crippen LogP contribution in [0.4, 0.5) is 5.69 Å². The van der Waals surface area contributed by atoms with E-state index in [2.05, 4.69) is 27.0 Å². The fourth-order valence-electron chi connectivity index (χ4n) is 4.83. The SMILES string of the molecule is Cc1ccc(-c2nnc3n2CCCCC3)cc1NC(=O)C1CSC2(C)CCC(=O)N12. The number of carbonyl (C=O) groups is 2. The third kappa shape index (κ3) is 3.21. The molecule has 2 atom stereocenters. The van der Waals surface area contributed by atoms with Crippen LogP contribution in [0.3, 0.4) is 0 Å². The topological polar surface area (TPSA) is 80.1 Å². The number of anilines is 1. The first-order valence-corrected chi connectivity index (χ1v) is 11.7. The molecular formula is C22H27N5O2S. The molecule has 8 heteroatoms. The lowest BCUT2D eigenvalue weighted by Gasteiger charge is -2.30. The van der Waals surface area contributed by atoms with E-state index in [1.165, 1.54) is 6.42 Å². The number of nitrogens with zero attached hydrogens (tertiary/aromatic N) is 4. The van der Waals surface area contributed by atoms with E-state index in [4.69, 9.17) is 0 Å². The molecule has 158 valence electrons. The summed E-state index contributed by atoms with van der Waals surface area (Å²) >= 11 is 1.71. The minimum absolute atomic E-state index is 0.0827. The van der Waals surface area contributed by atoms with Crippen LogP contribution in [0.15, 0.2) is 18.2 Å². The van der Waals surface area contributed by atoms with Gasteiger partial charge in [-0.05, 0) is 44.7 Å². The maximum atomic E-state index is 13.1. The molecule has 3 aliphatic heterocycles. The van der Waals surface area contributed by atoms with Crippen LogP contribution in [-0.2, 0) is 22.6 Å². The number of aryl methyl sites for hydroxylation is 2. The number of carbonyl (C=O) groups excluding carboxylic acids is 2. The average molecular weight is 426 g/mol. The van der Waals surface area contributed by atoms with Crippen LogP contribution in [0.5, 0.6) is 0 Å². The molecule has 7 nitrogen and oxygen atoms in total. The van der Waals surface area contributed by atoms with Crippen LogP contribution in [0.2, 0.25) is 0 Å². The minimum Gasteiger partial charge on any atom is -0.324 e. The summed E-state index contributed by atoms with van der Waals surface area (Å²) in [4.78, 5) is 27.1. The quantitative estimate of drug-likeness (QED) is 0.816. The predicted octanol–water partition coefficient (Wildman–Crippen LogP) is 3.37. The van der Waals surface area contributed by atoms with Crippen molar-refractivity contribution in [2.45, 2.75) is 69.8 Å². The second-order valence-corrected chi connectivity index (χ2v) is 10.2. The fourth-order valence-corrected chi connectivity index (χ4v) is 6.26. The fraction of sp³-hybridized carbons (Fsp3) is 0.545. The van der Waals surface area contributed by atoms with Crippen LogP contribution in [0, 0.1) is 6.92 Å². The molecule has 3 aliphatic rings. The Hall–Kier alpha value is -2.35. The Labute approximate surface area is 180 Å². The summed E-state index contributed by atoms with van der Waals surface area (Å²) in [6, 6.07) is 5.63. The van der Waals surface area contributed by atoms with Crippen LogP contribution >= 0.6 is 11.8 Å². The zero-order valence-electron chi connectivity index (χ0n) is 17.5. The maximum absolute atomic E-state index is 13.1. The molecule has 2 amide bonds. The number of amides is 2. The largest absolute Gasteiger partial charge is 0.324 e.